The number of benzene rings is 1. The Morgan fingerprint density at radius 1 is 1.35 bits per heavy atom. The number of hydrogen-bond donors (Lipinski definition) is 2. The Balaban J connectivity index is 2.45. The Morgan fingerprint density at radius 2 is 2.10 bits per heavy atom. The van der Waals surface area contributed by atoms with E-state index in [1.165, 1.54) is 6.33 Å². The lowest BCUT2D eigenvalue weighted by molar-refractivity contribution is 0.318. The molecule has 1 aromatic heterocycles. The topological polar surface area (TPSA) is 87.6 Å². The average Bonchev–Trinajstić information content (AvgIpc) is 2.53. The zero-order valence-electron chi connectivity index (χ0n) is 11.5. The lowest BCUT2D eigenvalue weighted by Crippen LogP contribution is -2.20. The monoisotopic (exact) mass is 271 g/mol. The molecule has 2 aromatic rings. The molecule has 6 nitrogen and oxygen atoms in total. The number of para-hydroxylation sites is 1. The van der Waals surface area contributed by atoms with E-state index in [4.69, 9.17) is 10.9 Å². The first-order valence-corrected chi connectivity index (χ1v) is 6.29. The molecule has 1 aromatic carbocycles. The molecule has 0 aliphatic rings. The summed E-state index contributed by atoms with van der Waals surface area (Å²) in [7, 11) is 1.88. The molecule has 104 valence electrons. The molecule has 0 saturated heterocycles. The zero-order chi connectivity index (χ0) is 14.5. The van der Waals surface area contributed by atoms with Crippen LogP contribution >= 0.6 is 0 Å². The van der Waals surface area contributed by atoms with Gasteiger partial charge in [0, 0.05) is 24.4 Å². The fraction of sp³-hybridized carbons (Fsp3) is 0.214. The van der Waals surface area contributed by atoms with Crippen LogP contribution in [-0.2, 0) is 6.42 Å². The summed E-state index contributed by atoms with van der Waals surface area (Å²) < 4.78 is 0. The van der Waals surface area contributed by atoms with Crippen molar-refractivity contribution < 1.29 is 5.21 Å². The summed E-state index contributed by atoms with van der Waals surface area (Å²) >= 11 is 0. The van der Waals surface area contributed by atoms with E-state index in [-0.39, 0.29) is 5.84 Å². The first kappa shape index (κ1) is 13.8. The third-order valence-corrected chi connectivity index (χ3v) is 3.06. The third-order valence-electron chi connectivity index (χ3n) is 3.06. The lowest BCUT2D eigenvalue weighted by Gasteiger charge is -2.21. The molecule has 1 heterocycles. The normalized spacial score (nSPS) is 11.4. The number of hydrogen-bond acceptors (Lipinski definition) is 5. The van der Waals surface area contributed by atoms with Crippen LogP contribution in [0.5, 0.6) is 0 Å². The number of aryl methyl sites for hydroxylation is 1. The van der Waals surface area contributed by atoms with Crippen LogP contribution in [0.2, 0.25) is 0 Å². The maximum absolute atomic E-state index is 8.87. The van der Waals surface area contributed by atoms with Crippen molar-refractivity contribution >= 4 is 17.3 Å². The second-order valence-corrected chi connectivity index (χ2v) is 4.28. The van der Waals surface area contributed by atoms with E-state index in [1.54, 1.807) is 6.07 Å². The van der Waals surface area contributed by atoms with Gasteiger partial charge in [0.1, 0.15) is 12.1 Å². The molecule has 0 fully saturated rings. The van der Waals surface area contributed by atoms with Crippen molar-refractivity contribution in [2.24, 2.45) is 10.9 Å². The fourth-order valence-corrected chi connectivity index (χ4v) is 1.92. The highest BCUT2D eigenvalue weighted by atomic mass is 16.4. The van der Waals surface area contributed by atoms with E-state index >= 15 is 0 Å². The van der Waals surface area contributed by atoms with Gasteiger partial charge >= 0.3 is 0 Å². The van der Waals surface area contributed by atoms with Gasteiger partial charge in [0.25, 0.3) is 0 Å². The molecule has 0 spiro atoms. The highest BCUT2D eigenvalue weighted by molar-refractivity contribution is 6.02. The van der Waals surface area contributed by atoms with Crippen LogP contribution in [-0.4, -0.2) is 28.1 Å². The van der Waals surface area contributed by atoms with Gasteiger partial charge in [-0.25, -0.2) is 9.97 Å². The summed E-state index contributed by atoms with van der Waals surface area (Å²) in [6.07, 6.45) is 2.38. The second kappa shape index (κ2) is 6.01. The molecule has 0 atom stereocenters. The Morgan fingerprint density at radius 3 is 2.80 bits per heavy atom. The van der Waals surface area contributed by atoms with Crippen LogP contribution in [0.15, 0.2) is 41.8 Å². The van der Waals surface area contributed by atoms with Crippen molar-refractivity contribution in [3.8, 4) is 0 Å². The standard InChI is InChI=1S/C14H17N5O/c1-3-10-8-13(17-9-16-10)19(2)12-7-5-4-6-11(12)14(15)18-20/h4-9,20H,3H2,1-2H3,(H2,15,18). The van der Waals surface area contributed by atoms with Crippen LogP contribution in [0, 0.1) is 0 Å². The molecule has 3 N–H and O–H groups in total. The summed E-state index contributed by atoms with van der Waals surface area (Å²) in [5, 5.41) is 11.9. The van der Waals surface area contributed by atoms with Gasteiger partial charge in [0.2, 0.25) is 0 Å². The molecule has 0 aliphatic carbocycles. The lowest BCUT2D eigenvalue weighted by atomic mass is 10.1. The number of aromatic nitrogens is 2. The molecule has 0 saturated carbocycles. The minimum Gasteiger partial charge on any atom is -0.409 e. The molecule has 2 rings (SSSR count). The van der Waals surface area contributed by atoms with Crippen LogP contribution in [0.4, 0.5) is 11.5 Å². The quantitative estimate of drug-likeness (QED) is 0.384. The highest BCUT2D eigenvalue weighted by Crippen LogP contribution is 2.25. The van der Waals surface area contributed by atoms with Gasteiger partial charge < -0.3 is 15.8 Å². The summed E-state index contributed by atoms with van der Waals surface area (Å²) in [5.74, 6) is 0.826. The summed E-state index contributed by atoms with van der Waals surface area (Å²) in [6, 6.07) is 9.33. The number of nitrogens with zero attached hydrogens (tertiary/aromatic N) is 4. The molecule has 0 aliphatic heterocycles. The first-order valence-electron chi connectivity index (χ1n) is 6.29. The van der Waals surface area contributed by atoms with E-state index in [2.05, 4.69) is 15.1 Å². The SMILES string of the molecule is CCc1cc(N(C)c2ccccc2/C(N)=N/O)ncn1. The van der Waals surface area contributed by atoms with Crippen molar-refractivity contribution in [2.75, 3.05) is 11.9 Å². The Kier molecular flexibility index (Phi) is 4.14. The van der Waals surface area contributed by atoms with E-state index < -0.39 is 0 Å². The van der Waals surface area contributed by atoms with Gasteiger partial charge in [-0.05, 0) is 18.6 Å². The number of rotatable bonds is 4. The van der Waals surface area contributed by atoms with Gasteiger partial charge in [-0.3, -0.25) is 0 Å². The van der Waals surface area contributed by atoms with E-state index in [0.29, 0.717) is 5.56 Å². The van der Waals surface area contributed by atoms with Gasteiger partial charge in [-0.15, -0.1) is 0 Å². The van der Waals surface area contributed by atoms with Crippen molar-refractivity contribution in [3.05, 3.63) is 47.9 Å². The number of oxime groups is 1. The van der Waals surface area contributed by atoms with Crippen LogP contribution < -0.4 is 10.6 Å². The van der Waals surface area contributed by atoms with Crippen molar-refractivity contribution in [1.29, 1.82) is 0 Å². The number of anilines is 2. The fourth-order valence-electron chi connectivity index (χ4n) is 1.92. The van der Waals surface area contributed by atoms with Gasteiger partial charge in [0.05, 0.1) is 5.69 Å². The second-order valence-electron chi connectivity index (χ2n) is 4.28. The summed E-state index contributed by atoms with van der Waals surface area (Å²) in [4.78, 5) is 10.3. The Labute approximate surface area is 117 Å². The van der Waals surface area contributed by atoms with Gasteiger partial charge in [-0.1, -0.05) is 24.2 Å². The first-order chi connectivity index (χ1) is 9.67. The molecule has 0 radical (unpaired) electrons. The Bertz CT molecular complexity index is 626. The summed E-state index contributed by atoms with van der Waals surface area (Å²) in [6.45, 7) is 2.04. The third kappa shape index (κ3) is 2.69. The molecule has 0 bridgehead atoms. The molecule has 0 amide bonds. The van der Waals surface area contributed by atoms with Crippen LogP contribution in [0.25, 0.3) is 0 Å². The van der Waals surface area contributed by atoms with Crippen molar-refractivity contribution in [3.63, 3.8) is 0 Å². The van der Waals surface area contributed by atoms with Gasteiger partial charge in [-0.2, -0.15) is 0 Å². The average molecular weight is 271 g/mol. The van der Waals surface area contributed by atoms with Crippen molar-refractivity contribution in [2.45, 2.75) is 13.3 Å². The van der Waals surface area contributed by atoms with E-state index in [0.717, 1.165) is 23.6 Å². The van der Waals surface area contributed by atoms with Crippen LogP contribution in [0.1, 0.15) is 18.2 Å². The number of nitrogens with two attached hydrogens (primary N) is 1. The minimum atomic E-state index is 0.0669. The minimum absolute atomic E-state index is 0.0669. The zero-order valence-corrected chi connectivity index (χ0v) is 11.5. The van der Waals surface area contributed by atoms with Crippen LogP contribution in [0.3, 0.4) is 0 Å². The maximum Gasteiger partial charge on any atom is 0.172 e. The molecule has 20 heavy (non-hydrogen) atoms. The smallest absolute Gasteiger partial charge is 0.172 e. The largest absolute Gasteiger partial charge is 0.409 e. The van der Waals surface area contributed by atoms with E-state index in [9.17, 15) is 0 Å². The van der Waals surface area contributed by atoms with Crippen molar-refractivity contribution in [1.82, 2.24) is 9.97 Å². The number of amidine groups is 1. The Hall–Kier alpha value is -2.63. The molecular formula is C14H17N5O. The van der Waals surface area contributed by atoms with Gasteiger partial charge in [0.15, 0.2) is 5.84 Å². The van der Waals surface area contributed by atoms with E-state index in [1.807, 2.05) is 43.1 Å². The molecule has 0 unspecified atom stereocenters. The maximum atomic E-state index is 8.87. The molecular weight excluding hydrogens is 254 g/mol. The summed E-state index contributed by atoms with van der Waals surface area (Å²) in [5.41, 5.74) is 8.13. The predicted molar refractivity (Wildman–Crippen MR) is 78.4 cm³/mol. The highest BCUT2D eigenvalue weighted by Gasteiger charge is 2.13. The predicted octanol–water partition coefficient (Wildman–Crippen LogP) is 1.90. The molecule has 6 heteroatoms.